The van der Waals surface area contributed by atoms with Gasteiger partial charge in [0.1, 0.15) is 11.4 Å². The monoisotopic (exact) mass is 265 g/mol. The molecular weight excluding hydrogens is 249 g/mol. The summed E-state index contributed by atoms with van der Waals surface area (Å²) in [6.45, 7) is 6.01. The van der Waals surface area contributed by atoms with Crippen LogP contribution >= 0.6 is 0 Å². The molecule has 0 fully saturated rings. The number of benzene rings is 1. The molecule has 0 aromatic heterocycles. The van der Waals surface area contributed by atoms with Crippen molar-refractivity contribution in [3.8, 4) is 0 Å². The Labute approximate surface area is 111 Å². The molecule has 1 aromatic rings. The number of nitrogens with zero attached hydrogens (tertiary/aromatic N) is 1. The van der Waals surface area contributed by atoms with E-state index in [0.29, 0.717) is 24.9 Å². The Hall–Kier alpha value is -1.91. The predicted molar refractivity (Wildman–Crippen MR) is 67.3 cm³/mol. The first kappa shape index (κ1) is 13.5. The van der Waals surface area contributed by atoms with Crippen LogP contribution in [-0.2, 0) is 17.8 Å². The van der Waals surface area contributed by atoms with Gasteiger partial charge in [-0.15, -0.1) is 0 Å². The topological polar surface area (TPSA) is 46.6 Å². The zero-order valence-electron chi connectivity index (χ0n) is 11.2. The minimum Gasteiger partial charge on any atom is -0.444 e. The number of aldehydes is 1. The van der Waals surface area contributed by atoms with Gasteiger partial charge in [-0.2, -0.15) is 0 Å². The third-order valence-corrected chi connectivity index (χ3v) is 2.82. The molecule has 102 valence electrons. The van der Waals surface area contributed by atoms with Crippen LogP contribution in [0.15, 0.2) is 12.1 Å². The van der Waals surface area contributed by atoms with E-state index in [2.05, 4.69) is 0 Å². The second-order valence-corrected chi connectivity index (χ2v) is 5.60. The van der Waals surface area contributed by atoms with E-state index >= 15 is 0 Å². The highest BCUT2D eigenvalue weighted by atomic mass is 19.1. The average Bonchev–Trinajstić information content (AvgIpc) is 2.68. The lowest BCUT2D eigenvalue weighted by molar-refractivity contribution is 0.0241. The molecule has 1 aromatic carbocycles. The molecule has 0 N–H and O–H groups in total. The van der Waals surface area contributed by atoms with Gasteiger partial charge in [0.05, 0.1) is 5.56 Å². The van der Waals surface area contributed by atoms with Gasteiger partial charge in [-0.1, -0.05) is 0 Å². The molecule has 4 nitrogen and oxygen atoms in total. The quantitative estimate of drug-likeness (QED) is 0.733. The van der Waals surface area contributed by atoms with Gasteiger partial charge in [-0.3, -0.25) is 9.69 Å². The van der Waals surface area contributed by atoms with Crippen molar-refractivity contribution < 1.29 is 18.7 Å². The smallest absolute Gasteiger partial charge is 0.410 e. The summed E-state index contributed by atoms with van der Waals surface area (Å²) in [4.78, 5) is 24.1. The second kappa shape index (κ2) is 4.64. The molecule has 19 heavy (non-hydrogen) atoms. The second-order valence-electron chi connectivity index (χ2n) is 5.60. The molecule has 2 rings (SSSR count). The Morgan fingerprint density at radius 2 is 1.89 bits per heavy atom. The van der Waals surface area contributed by atoms with Crippen molar-refractivity contribution in [1.29, 1.82) is 0 Å². The molecule has 0 radical (unpaired) electrons. The molecule has 1 aliphatic rings. The Morgan fingerprint density at radius 3 is 2.42 bits per heavy atom. The van der Waals surface area contributed by atoms with Gasteiger partial charge in [0.25, 0.3) is 0 Å². The van der Waals surface area contributed by atoms with E-state index in [-0.39, 0.29) is 5.56 Å². The Morgan fingerprint density at radius 1 is 1.32 bits per heavy atom. The summed E-state index contributed by atoms with van der Waals surface area (Å²) in [6.07, 6.45) is 0.0444. The Kier molecular flexibility index (Phi) is 3.30. The fourth-order valence-electron chi connectivity index (χ4n) is 1.99. The standard InChI is InChI=1S/C14H16FNO3/c1-14(2,3)19-13(18)16-6-9-4-11(8-17)12(15)5-10(9)7-16/h4-5,8H,6-7H2,1-3H3. The number of hydrogen-bond acceptors (Lipinski definition) is 3. The van der Waals surface area contributed by atoms with Crippen LogP contribution in [0.25, 0.3) is 0 Å². The molecule has 1 heterocycles. The Bertz CT molecular complexity index is 534. The van der Waals surface area contributed by atoms with Crippen molar-refractivity contribution in [1.82, 2.24) is 4.90 Å². The molecule has 0 aliphatic carbocycles. The van der Waals surface area contributed by atoms with Crippen LogP contribution < -0.4 is 0 Å². The molecule has 0 atom stereocenters. The first-order chi connectivity index (χ1) is 8.80. The first-order valence-corrected chi connectivity index (χ1v) is 6.04. The van der Waals surface area contributed by atoms with Crippen LogP contribution in [-0.4, -0.2) is 22.9 Å². The molecule has 0 unspecified atom stereocenters. The van der Waals surface area contributed by atoms with E-state index in [1.165, 1.54) is 17.0 Å². The highest BCUT2D eigenvalue weighted by molar-refractivity contribution is 5.76. The number of halogens is 1. The Balaban J connectivity index is 2.16. The highest BCUT2D eigenvalue weighted by Crippen LogP contribution is 2.26. The fraction of sp³-hybridized carbons (Fsp3) is 0.429. The third-order valence-electron chi connectivity index (χ3n) is 2.82. The maximum Gasteiger partial charge on any atom is 0.410 e. The number of carbonyl (C=O) groups excluding carboxylic acids is 2. The lowest BCUT2D eigenvalue weighted by Gasteiger charge is -2.24. The van der Waals surface area contributed by atoms with Gasteiger partial charge >= 0.3 is 6.09 Å². The lowest BCUT2D eigenvalue weighted by atomic mass is 10.1. The normalized spacial score (nSPS) is 14.2. The van der Waals surface area contributed by atoms with Gasteiger partial charge in [0.15, 0.2) is 6.29 Å². The molecule has 5 heteroatoms. The summed E-state index contributed by atoms with van der Waals surface area (Å²) in [7, 11) is 0. The third kappa shape index (κ3) is 2.92. The number of amides is 1. The fourth-order valence-corrected chi connectivity index (χ4v) is 1.99. The molecular formula is C14H16FNO3. The van der Waals surface area contributed by atoms with Crippen molar-refractivity contribution >= 4 is 12.4 Å². The summed E-state index contributed by atoms with van der Waals surface area (Å²) in [5.74, 6) is -0.556. The van der Waals surface area contributed by atoms with Crippen LogP contribution in [0.5, 0.6) is 0 Å². The van der Waals surface area contributed by atoms with Crippen LogP contribution in [0, 0.1) is 5.82 Å². The minimum atomic E-state index is -0.564. The van der Waals surface area contributed by atoms with Crippen LogP contribution in [0.1, 0.15) is 42.3 Å². The maximum atomic E-state index is 13.5. The van der Waals surface area contributed by atoms with Crippen molar-refractivity contribution in [3.05, 3.63) is 34.6 Å². The summed E-state index contributed by atoms with van der Waals surface area (Å²) >= 11 is 0. The van der Waals surface area contributed by atoms with Gasteiger partial charge < -0.3 is 4.74 Å². The minimum absolute atomic E-state index is 0.0183. The molecule has 0 bridgehead atoms. The van der Waals surface area contributed by atoms with Gasteiger partial charge in [-0.25, -0.2) is 9.18 Å². The summed E-state index contributed by atoms with van der Waals surface area (Å²) in [5.41, 5.74) is 0.957. The van der Waals surface area contributed by atoms with Crippen LogP contribution in [0.2, 0.25) is 0 Å². The number of fused-ring (bicyclic) bond motifs is 1. The summed E-state index contributed by atoms with van der Waals surface area (Å²) < 4.78 is 18.7. The van der Waals surface area contributed by atoms with Crippen molar-refractivity contribution in [3.63, 3.8) is 0 Å². The molecule has 0 saturated carbocycles. The van der Waals surface area contributed by atoms with E-state index in [9.17, 15) is 14.0 Å². The van der Waals surface area contributed by atoms with Crippen LogP contribution in [0.4, 0.5) is 9.18 Å². The molecule has 1 aliphatic heterocycles. The van der Waals surface area contributed by atoms with E-state index < -0.39 is 17.5 Å². The van der Waals surface area contributed by atoms with Gasteiger partial charge in [0, 0.05) is 13.1 Å². The zero-order valence-corrected chi connectivity index (χ0v) is 11.2. The van der Waals surface area contributed by atoms with Crippen LogP contribution in [0.3, 0.4) is 0 Å². The van der Waals surface area contributed by atoms with Crippen molar-refractivity contribution in [2.45, 2.75) is 39.5 Å². The molecule has 0 spiro atoms. The number of ether oxygens (including phenoxy) is 1. The maximum absolute atomic E-state index is 13.5. The van der Waals surface area contributed by atoms with Crippen molar-refractivity contribution in [2.24, 2.45) is 0 Å². The molecule has 0 saturated heterocycles. The van der Waals surface area contributed by atoms with E-state index in [4.69, 9.17) is 4.74 Å². The largest absolute Gasteiger partial charge is 0.444 e. The van der Waals surface area contributed by atoms with E-state index in [1.54, 1.807) is 20.8 Å². The van der Waals surface area contributed by atoms with E-state index in [1.807, 2.05) is 0 Å². The highest BCUT2D eigenvalue weighted by Gasteiger charge is 2.28. The lowest BCUT2D eigenvalue weighted by Crippen LogP contribution is -2.33. The van der Waals surface area contributed by atoms with Gasteiger partial charge in [0.2, 0.25) is 0 Å². The van der Waals surface area contributed by atoms with Gasteiger partial charge in [-0.05, 0) is 44.0 Å². The average molecular weight is 265 g/mol. The summed E-state index contributed by atoms with van der Waals surface area (Å²) in [5, 5.41) is 0. The number of hydrogen-bond donors (Lipinski definition) is 0. The predicted octanol–water partition coefficient (Wildman–Crippen LogP) is 2.89. The summed E-state index contributed by atoms with van der Waals surface area (Å²) in [6, 6.07) is 2.80. The SMILES string of the molecule is CC(C)(C)OC(=O)N1Cc2cc(F)c(C=O)cc2C1. The van der Waals surface area contributed by atoms with E-state index in [0.717, 1.165) is 5.56 Å². The van der Waals surface area contributed by atoms with Crippen molar-refractivity contribution in [2.75, 3.05) is 0 Å². The molecule has 1 amide bonds. The number of rotatable bonds is 1. The zero-order chi connectivity index (χ0) is 14.2. The number of carbonyl (C=O) groups is 2. The first-order valence-electron chi connectivity index (χ1n) is 6.04.